The van der Waals surface area contributed by atoms with Crippen LogP contribution in [0.4, 0.5) is 5.95 Å². The summed E-state index contributed by atoms with van der Waals surface area (Å²) >= 11 is 0. The van der Waals surface area contributed by atoms with Crippen LogP contribution in [0, 0.1) is 0 Å². The highest BCUT2D eigenvalue weighted by Crippen LogP contribution is 2.06. The minimum atomic E-state index is 0.506. The van der Waals surface area contributed by atoms with Gasteiger partial charge in [0.1, 0.15) is 5.76 Å². The third kappa shape index (κ3) is 1.18. The van der Waals surface area contributed by atoms with Gasteiger partial charge in [-0.15, -0.1) is 0 Å². The van der Waals surface area contributed by atoms with E-state index in [1.807, 2.05) is 22.9 Å². The first kappa shape index (κ1) is 6.97. The van der Waals surface area contributed by atoms with Gasteiger partial charge in [-0.1, -0.05) is 0 Å². The fraction of sp³-hybridized carbons (Fsp3) is 0.125. The smallest absolute Gasteiger partial charge is 0.200 e. The first-order valence-corrected chi connectivity index (χ1v) is 3.65. The molecule has 0 aliphatic rings. The van der Waals surface area contributed by atoms with Crippen molar-refractivity contribution in [3.05, 3.63) is 36.5 Å². The van der Waals surface area contributed by atoms with Gasteiger partial charge >= 0.3 is 0 Å². The van der Waals surface area contributed by atoms with E-state index in [0.717, 1.165) is 5.76 Å². The van der Waals surface area contributed by atoms with Crippen molar-refractivity contribution in [3.8, 4) is 0 Å². The zero-order chi connectivity index (χ0) is 8.39. The van der Waals surface area contributed by atoms with Crippen molar-refractivity contribution in [2.75, 3.05) is 5.73 Å². The molecule has 0 bridgehead atoms. The van der Waals surface area contributed by atoms with E-state index in [-0.39, 0.29) is 0 Å². The quantitative estimate of drug-likeness (QED) is 0.721. The highest BCUT2D eigenvalue weighted by molar-refractivity contribution is 5.18. The lowest BCUT2D eigenvalue weighted by Crippen LogP contribution is -2.02. The van der Waals surface area contributed by atoms with Gasteiger partial charge in [0.2, 0.25) is 5.95 Å². The van der Waals surface area contributed by atoms with E-state index in [4.69, 9.17) is 10.2 Å². The third-order valence-corrected chi connectivity index (χ3v) is 1.65. The highest BCUT2D eigenvalue weighted by Gasteiger charge is 1.99. The molecule has 12 heavy (non-hydrogen) atoms. The van der Waals surface area contributed by atoms with E-state index in [2.05, 4.69) is 4.98 Å². The molecule has 2 heterocycles. The fourth-order valence-electron chi connectivity index (χ4n) is 1.04. The molecule has 2 aromatic heterocycles. The molecule has 62 valence electrons. The molecule has 4 heteroatoms. The second-order valence-corrected chi connectivity index (χ2v) is 2.49. The zero-order valence-corrected chi connectivity index (χ0v) is 6.47. The number of hydrogen-bond donors (Lipinski definition) is 1. The number of nitrogens with two attached hydrogens (primary N) is 1. The Kier molecular flexibility index (Phi) is 1.59. The Morgan fingerprint density at radius 2 is 2.50 bits per heavy atom. The van der Waals surface area contributed by atoms with Gasteiger partial charge in [-0.05, 0) is 12.1 Å². The Morgan fingerprint density at radius 1 is 1.58 bits per heavy atom. The van der Waals surface area contributed by atoms with Crippen molar-refractivity contribution >= 4 is 5.95 Å². The molecule has 0 amide bonds. The van der Waals surface area contributed by atoms with Crippen molar-refractivity contribution < 1.29 is 4.42 Å². The van der Waals surface area contributed by atoms with E-state index < -0.39 is 0 Å². The van der Waals surface area contributed by atoms with Crippen LogP contribution in [-0.2, 0) is 6.54 Å². The first-order chi connectivity index (χ1) is 5.86. The monoisotopic (exact) mass is 163 g/mol. The molecule has 0 atom stereocenters. The van der Waals surface area contributed by atoms with Crippen LogP contribution in [-0.4, -0.2) is 9.55 Å². The predicted molar refractivity (Wildman–Crippen MR) is 44.4 cm³/mol. The maximum Gasteiger partial charge on any atom is 0.200 e. The van der Waals surface area contributed by atoms with Crippen LogP contribution < -0.4 is 5.73 Å². The second kappa shape index (κ2) is 2.73. The van der Waals surface area contributed by atoms with Crippen molar-refractivity contribution in [2.24, 2.45) is 0 Å². The average Bonchev–Trinajstić information content (AvgIpc) is 2.65. The maximum atomic E-state index is 5.57. The minimum Gasteiger partial charge on any atom is -0.467 e. The molecular weight excluding hydrogens is 154 g/mol. The summed E-state index contributed by atoms with van der Waals surface area (Å²) in [5.41, 5.74) is 5.57. The van der Waals surface area contributed by atoms with Gasteiger partial charge in [0.25, 0.3) is 0 Å². The van der Waals surface area contributed by atoms with Crippen molar-refractivity contribution in [1.29, 1.82) is 0 Å². The number of rotatable bonds is 2. The SMILES string of the molecule is Nc1nccn1Cc1ccco1. The summed E-state index contributed by atoms with van der Waals surface area (Å²) in [6.07, 6.45) is 5.12. The Morgan fingerprint density at radius 3 is 3.08 bits per heavy atom. The van der Waals surface area contributed by atoms with Gasteiger partial charge in [-0.2, -0.15) is 0 Å². The molecule has 0 aromatic carbocycles. The van der Waals surface area contributed by atoms with E-state index in [1.54, 1.807) is 12.5 Å². The molecule has 0 aliphatic carbocycles. The second-order valence-electron chi connectivity index (χ2n) is 2.49. The summed E-state index contributed by atoms with van der Waals surface area (Å²) in [5.74, 6) is 1.38. The summed E-state index contributed by atoms with van der Waals surface area (Å²) in [6, 6.07) is 3.75. The van der Waals surface area contributed by atoms with Crippen LogP contribution >= 0.6 is 0 Å². The standard InChI is InChI=1S/C8H9N3O/c9-8-10-3-4-11(8)6-7-2-1-5-12-7/h1-5H,6H2,(H2,9,10). The van der Waals surface area contributed by atoms with Gasteiger partial charge in [-0.3, -0.25) is 0 Å². The first-order valence-electron chi connectivity index (χ1n) is 3.65. The maximum absolute atomic E-state index is 5.57. The Hall–Kier alpha value is -1.71. The van der Waals surface area contributed by atoms with Gasteiger partial charge in [0, 0.05) is 12.4 Å². The molecule has 2 N–H and O–H groups in total. The van der Waals surface area contributed by atoms with Gasteiger partial charge in [0.05, 0.1) is 12.8 Å². The molecule has 2 rings (SSSR count). The molecule has 0 radical (unpaired) electrons. The number of anilines is 1. The van der Waals surface area contributed by atoms with Crippen LogP contribution in [0.2, 0.25) is 0 Å². The number of nitrogen functional groups attached to an aromatic ring is 1. The number of furan rings is 1. The summed E-state index contributed by atoms with van der Waals surface area (Å²) in [4.78, 5) is 3.90. The van der Waals surface area contributed by atoms with E-state index >= 15 is 0 Å². The van der Waals surface area contributed by atoms with E-state index in [9.17, 15) is 0 Å². The summed E-state index contributed by atoms with van der Waals surface area (Å²) in [6.45, 7) is 0.638. The molecule has 0 saturated carbocycles. The minimum absolute atomic E-state index is 0.506. The topological polar surface area (TPSA) is 57.0 Å². The Bertz CT molecular complexity index is 350. The zero-order valence-electron chi connectivity index (χ0n) is 6.47. The molecule has 4 nitrogen and oxygen atoms in total. The van der Waals surface area contributed by atoms with Crippen LogP contribution in [0.1, 0.15) is 5.76 Å². The summed E-state index contributed by atoms with van der Waals surface area (Å²) in [7, 11) is 0. The number of imidazole rings is 1. The molecule has 0 aliphatic heterocycles. The molecule has 0 spiro atoms. The molecule has 0 fully saturated rings. The largest absolute Gasteiger partial charge is 0.467 e. The van der Waals surface area contributed by atoms with Crippen molar-refractivity contribution in [3.63, 3.8) is 0 Å². The van der Waals surface area contributed by atoms with Crippen LogP contribution in [0.25, 0.3) is 0 Å². The third-order valence-electron chi connectivity index (χ3n) is 1.65. The molecule has 0 unspecified atom stereocenters. The van der Waals surface area contributed by atoms with Crippen molar-refractivity contribution in [1.82, 2.24) is 9.55 Å². The Balaban J connectivity index is 2.20. The summed E-state index contributed by atoms with van der Waals surface area (Å²) in [5, 5.41) is 0. The van der Waals surface area contributed by atoms with Crippen LogP contribution in [0.15, 0.2) is 35.2 Å². The predicted octanol–water partition coefficient (Wildman–Crippen LogP) is 1.11. The average molecular weight is 163 g/mol. The lowest BCUT2D eigenvalue weighted by atomic mass is 10.4. The number of aromatic nitrogens is 2. The lowest BCUT2D eigenvalue weighted by Gasteiger charge is -1.99. The molecular formula is C8H9N3O. The number of nitrogens with zero attached hydrogens (tertiary/aromatic N) is 2. The van der Waals surface area contributed by atoms with Crippen LogP contribution in [0.3, 0.4) is 0 Å². The van der Waals surface area contributed by atoms with Crippen LogP contribution in [0.5, 0.6) is 0 Å². The van der Waals surface area contributed by atoms with Gasteiger partial charge < -0.3 is 14.7 Å². The van der Waals surface area contributed by atoms with Gasteiger partial charge in [0.15, 0.2) is 0 Å². The normalized spacial score (nSPS) is 10.3. The molecule has 0 saturated heterocycles. The summed E-state index contributed by atoms with van der Waals surface area (Å²) < 4.78 is 6.98. The molecule has 2 aromatic rings. The van der Waals surface area contributed by atoms with E-state index in [1.165, 1.54) is 0 Å². The lowest BCUT2D eigenvalue weighted by molar-refractivity contribution is 0.495. The highest BCUT2D eigenvalue weighted by atomic mass is 16.3. The van der Waals surface area contributed by atoms with Gasteiger partial charge in [-0.25, -0.2) is 4.98 Å². The van der Waals surface area contributed by atoms with E-state index in [0.29, 0.717) is 12.5 Å². The number of hydrogen-bond acceptors (Lipinski definition) is 3. The van der Waals surface area contributed by atoms with Crippen molar-refractivity contribution in [2.45, 2.75) is 6.54 Å². The Labute approximate surface area is 69.6 Å². The fourth-order valence-corrected chi connectivity index (χ4v) is 1.04.